The van der Waals surface area contributed by atoms with Gasteiger partial charge in [0.2, 0.25) is 0 Å². The average molecular weight is 294 g/mol. The van der Waals surface area contributed by atoms with Crippen molar-refractivity contribution < 1.29 is 0 Å². The minimum Gasteiger partial charge on any atom is -0.384 e. The predicted octanol–water partition coefficient (Wildman–Crippen LogP) is 4.89. The lowest BCUT2D eigenvalue weighted by Gasteiger charge is -2.16. The normalized spacial score (nSPS) is 23.9. The molecule has 1 aliphatic heterocycles. The summed E-state index contributed by atoms with van der Waals surface area (Å²) in [4.78, 5) is 1.46. The van der Waals surface area contributed by atoms with Crippen molar-refractivity contribution in [2.24, 2.45) is 5.92 Å². The molecule has 1 aromatic carbocycles. The fraction of sp³-hybridized carbons (Fsp3) is 0.625. The Bertz CT molecular complexity index is 395. The van der Waals surface area contributed by atoms with E-state index in [-0.39, 0.29) is 0 Å². The van der Waals surface area contributed by atoms with Crippen LogP contribution in [0.1, 0.15) is 32.1 Å². The summed E-state index contributed by atoms with van der Waals surface area (Å²) in [6, 6.07) is 8.87. The molecular formula is C16H23NS2. The third-order valence-corrected chi connectivity index (χ3v) is 6.73. The van der Waals surface area contributed by atoms with E-state index in [4.69, 9.17) is 0 Å². The molecule has 0 aromatic heterocycles. The summed E-state index contributed by atoms with van der Waals surface area (Å²) in [6.45, 7) is 1.15. The number of hydrogen-bond acceptors (Lipinski definition) is 3. The molecule has 0 radical (unpaired) electrons. The number of rotatable bonds is 5. The summed E-state index contributed by atoms with van der Waals surface area (Å²) in [6.07, 6.45) is 7.03. The van der Waals surface area contributed by atoms with Gasteiger partial charge in [0, 0.05) is 22.4 Å². The van der Waals surface area contributed by atoms with Gasteiger partial charge in [-0.2, -0.15) is 11.8 Å². The second-order valence-corrected chi connectivity index (χ2v) is 8.12. The second kappa shape index (κ2) is 6.94. The number of nitrogens with one attached hydrogen (secondary N) is 1. The van der Waals surface area contributed by atoms with E-state index in [1.807, 2.05) is 0 Å². The van der Waals surface area contributed by atoms with E-state index in [0.717, 1.165) is 17.7 Å². The standard InChI is InChI=1S/C16H23NS2/c1-2-6-14(5-1)19-16-8-4-3-7-15(16)17-11-13-9-10-18-12-13/h3-4,7-8,13-14,17H,1-2,5-6,9-12H2. The van der Waals surface area contributed by atoms with Crippen LogP contribution in [0.5, 0.6) is 0 Å². The largest absolute Gasteiger partial charge is 0.384 e. The Morgan fingerprint density at radius 3 is 2.79 bits per heavy atom. The van der Waals surface area contributed by atoms with E-state index in [1.165, 1.54) is 54.2 Å². The highest BCUT2D eigenvalue weighted by Gasteiger charge is 2.18. The van der Waals surface area contributed by atoms with Crippen LogP contribution in [-0.2, 0) is 0 Å². The lowest BCUT2D eigenvalue weighted by atomic mass is 10.1. The van der Waals surface area contributed by atoms with Crippen molar-refractivity contribution in [2.75, 3.05) is 23.4 Å². The monoisotopic (exact) mass is 293 g/mol. The Kier molecular flexibility index (Phi) is 5.00. The molecule has 1 aromatic rings. The van der Waals surface area contributed by atoms with Crippen molar-refractivity contribution in [1.29, 1.82) is 0 Å². The third-order valence-electron chi connectivity index (χ3n) is 4.09. The predicted molar refractivity (Wildman–Crippen MR) is 88.5 cm³/mol. The molecular weight excluding hydrogens is 270 g/mol. The van der Waals surface area contributed by atoms with Gasteiger partial charge in [0.25, 0.3) is 0 Å². The van der Waals surface area contributed by atoms with Crippen molar-refractivity contribution >= 4 is 29.2 Å². The van der Waals surface area contributed by atoms with Crippen LogP contribution < -0.4 is 5.32 Å². The van der Waals surface area contributed by atoms with Crippen LogP contribution in [0.15, 0.2) is 29.2 Å². The average Bonchev–Trinajstić information content (AvgIpc) is 3.10. The Morgan fingerprint density at radius 1 is 1.16 bits per heavy atom. The summed E-state index contributed by atoms with van der Waals surface area (Å²) in [5.41, 5.74) is 1.36. The number of benzene rings is 1. The maximum Gasteiger partial charge on any atom is 0.0478 e. The van der Waals surface area contributed by atoms with E-state index in [1.54, 1.807) is 0 Å². The van der Waals surface area contributed by atoms with Gasteiger partial charge in [-0.1, -0.05) is 25.0 Å². The Balaban J connectivity index is 1.59. The Labute approximate surface area is 125 Å². The highest BCUT2D eigenvalue weighted by molar-refractivity contribution is 8.00. The molecule has 1 saturated carbocycles. The highest BCUT2D eigenvalue weighted by atomic mass is 32.2. The summed E-state index contributed by atoms with van der Waals surface area (Å²) in [7, 11) is 0. The smallest absolute Gasteiger partial charge is 0.0478 e. The van der Waals surface area contributed by atoms with E-state index in [0.29, 0.717) is 0 Å². The maximum atomic E-state index is 3.69. The second-order valence-electron chi connectivity index (χ2n) is 5.63. The van der Waals surface area contributed by atoms with Crippen LogP contribution in [0.4, 0.5) is 5.69 Å². The van der Waals surface area contributed by atoms with Gasteiger partial charge < -0.3 is 5.32 Å². The SMILES string of the molecule is c1ccc(SC2CCCC2)c(NCC2CCSC2)c1. The van der Waals surface area contributed by atoms with Crippen molar-refractivity contribution in [3.63, 3.8) is 0 Å². The number of thioether (sulfide) groups is 2. The molecule has 3 rings (SSSR count). The molecule has 1 aliphatic carbocycles. The number of anilines is 1. The zero-order valence-electron chi connectivity index (χ0n) is 11.4. The molecule has 0 spiro atoms. The third kappa shape index (κ3) is 3.85. The van der Waals surface area contributed by atoms with Crippen LogP contribution in [0, 0.1) is 5.92 Å². The van der Waals surface area contributed by atoms with Gasteiger partial charge in [0.15, 0.2) is 0 Å². The van der Waals surface area contributed by atoms with Crippen LogP contribution >= 0.6 is 23.5 Å². The number of hydrogen-bond donors (Lipinski definition) is 1. The van der Waals surface area contributed by atoms with Gasteiger partial charge in [-0.25, -0.2) is 0 Å². The fourth-order valence-corrected chi connectivity index (χ4v) is 5.54. The quantitative estimate of drug-likeness (QED) is 0.830. The van der Waals surface area contributed by atoms with Gasteiger partial charge in [0.05, 0.1) is 0 Å². The highest BCUT2D eigenvalue weighted by Crippen LogP contribution is 2.38. The lowest BCUT2D eigenvalue weighted by molar-refractivity contribution is 0.631. The van der Waals surface area contributed by atoms with E-state index >= 15 is 0 Å². The molecule has 1 atom stereocenters. The molecule has 3 heteroatoms. The van der Waals surface area contributed by atoms with E-state index in [9.17, 15) is 0 Å². The van der Waals surface area contributed by atoms with Gasteiger partial charge in [0.1, 0.15) is 0 Å². The van der Waals surface area contributed by atoms with Crippen LogP contribution in [0.2, 0.25) is 0 Å². The van der Waals surface area contributed by atoms with Crippen LogP contribution in [-0.4, -0.2) is 23.3 Å². The zero-order valence-corrected chi connectivity index (χ0v) is 13.1. The first-order valence-electron chi connectivity index (χ1n) is 7.49. The topological polar surface area (TPSA) is 12.0 Å². The van der Waals surface area contributed by atoms with Gasteiger partial charge >= 0.3 is 0 Å². The van der Waals surface area contributed by atoms with Crippen LogP contribution in [0.3, 0.4) is 0 Å². The first-order valence-corrected chi connectivity index (χ1v) is 9.52. The molecule has 19 heavy (non-hydrogen) atoms. The minimum absolute atomic E-state index is 0.852. The van der Waals surface area contributed by atoms with Gasteiger partial charge in [-0.05, 0) is 48.8 Å². The molecule has 0 amide bonds. The van der Waals surface area contributed by atoms with Gasteiger partial charge in [-0.15, -0.1) is 11.8 Å². The molecule has 0 bridgehead atoms. The Morgan fingerprint density at radius 2 is 2.00 bits per heavy atom. The first-order chi connectivity index (χ1) is 9.42. The zero-order chi connectivity index (χ0) is 12.9. The molecule has 2 aliphatic rings. The summed E-state index contributed by atoms with van der Waals surface area (Å²) < 4.78 is 0. The van der Waals surface area contributed by atoms with Crippen molar-refractivity contribution in [3.05, 3.63) is 24.3 Å². The molecule has 104 valence electrons. The molecule has 1 heterocycles. The van der Waals surface area contributed by atoms with Crippen molar-refractivity contribution in [3.8, 4) is 0 Å². The summed E-state index contributed by atoms with van der Waals surface area (Å²) in [5.74, 6) is 3.56. The number of para-hydroxylation sites is 1. The lowest BCUT2D eigenvalue weighted by Crippen LogP contribution is -2.14. The molecule has 1 nitrogen and oxygen atoms in total. The van der Waals surface area contributed by atoms with Gasteiger partial charge in [-0.3, -0.25) is 0 Å². The molecule has 1 unspecified atom stereocenters. The maximum absolute atomic E-state index is 3.69. The molecule has 2 fully saturated rings. The van der Waals surface area contributed by atoms with Crippen molar-refractivity contribution in [2.45, 2.75) is 42.2 Å². The molecule has 1 N–H and O–H groups in total. The van der Waals surface area contributed by atoms with Crippen molar-refractivity contribution in [1.82, 2.24) is 0 Å². The minimum atomic E-state index is 0.852. The van der Waals surface area contributed by atoms with E-state index < -0.39 is 0 Å². The van der Waals surface area contributed by atoms with E-state index in [2.05, 4.69) is 53.1 Å². The van der Waals surface area contributed by atoms with Crippen LogP contribution in [0.25, 0.3) is 0 Å². The fourth-order valence-electron chi connectivity index (χ4n) is 2.90. The molecule has 1 saturated heterocycles. The summed E-state index contributed by atoms with van der Waals surface area (Å²) >= 11 is 4.20. The first kappa shape index (κ1) is 13.7. The Hall–Kier alpha value is -0.280. The summed E-state index contributed by atoms with van der Waals surface area (Å²) in [5, 5.41) is 4.55.